The highest BCUT2D eigenvalue weighted by Crippen LogP contribution is 2.41. The number of H-pyrrole nitrogens is 1. The molecule has 0 bridgehead atoms. The molecule has 4 heteroatoms. The Bertz CT molecular complexity index is 1040. The molecule has 2 aliphatic rings. The van der Waals surface area contributed by atoms with Crippen LogP contribution in [0.1, 0.15) is 38.2 Å². The van der Waals surface area contributed by atoms with Gasteiger partial charge >= 0.3 is 0 Å². The molecule has 30 heavy (non-hydrogen) atoms. The lowest BCUT2D eigenvalue weighted by molar-refractivity contribution is 0.280. The van der Waals surface area contributed by atoms with E-state index in [9.17, 15) is 4.39 Å². The van der Waals surface area contributed by atoms with Crippen molar-refractivity contribution >= 4 is 5.57 Å². The second-order valence-corrected chi connectivity index (χ2v) is 8.59. The number of nitrogens with zero attached hydrogens (tertiary/aromatic N) is 2. The van der Waals surface area contributed by atoms with E-state index < -0.39 is 0 Å². The lowest BCUT2D eigenvalue weighted by Crippen LogP contribution is -2.32. The predicted molar refractivity (Wildman–Crippen MR) is 120 cm³/mol. The summed E-state index contributed by atoms with van der Waals surface area (Å²) >= 11 is 0. The van der Waals surface area contributed by atoms with Gasteiger partial charge in [-0.3, -0.25) is 9.88 Å². The molecule has 0 aliphatic carbocycles. The fraction of sp³-hybridized carbons (Fsp3) is 0.346. The first-order chi connectivity index (χ1) is 14.7. The molecule has 5 rings (SSSR count). The molecular formula is C26H28FN3. The summed E-state index contributed by atoms with van der Waals surface area (Å²) in [5, 5.41) is 0. The minimum Gasteiger partial charge on any atom is -0.360 e. The first-order valence-corrected chi connectivity index (χ1v) is 11.1. The molecule has 0 amide bonds. The van der Waals surface area contributed by atoms with E-state index in [1.807, 2.05) is 24.5 Å². The van der Waals surface area contributed by atoms with Crippen LogP contribution in [0.4, 0.5) is 4.39 Å². The Balaban J connectivity index is 1.56. The van der Waals surface area contributed by atoms with Gasteiger partial charge in [0.25, 0.3) is 0 Å². The van der Waals surface area contributed by atoms with Crippen LogP contribution < -0.4 is 0 Å². The van der Waals surface area contributed by atoms with Crippen molar-refractivity contribution in [2.24, 2.45) is 5.92 Å². The van der Waals surface area contributed by atoms with Crippen LogP contribution in [0.2, 0.25) is 0 Å². The molecule has 2 atom stereocenters. The van der Waals surface area contributed by atoms with Crippen LogP contribution in [-0.2, 0) is 0 Å². The smallest absolute Gasteiger partial charge is 0.123 e. The second-order valence-electron chi connectivity index (χ2n) is 8.59. The monoisotopic (exact) mass is 401 g/mol. The molecule has 1 aromatic carbocycles. The highest BCUT2D eigenvalue weighted by Gasteiger charge is 2.33. The first-order valence-electron chi connectivity index (χ1n) is 11.1. The van der Waals surface area contributed by atoms with Crippen molar-refractivity contribution in [1.82, 2.24) is 14.9 Å². The third kappa shape index (κ3) is 3.61. The van der Waals surface area contributed by atoms with Crippen LogP contribution in [0.15, 0.2) is 61.1 Å². The van der Waals surface area contributed by atoms with Gasteiger partial charge in [0.1, 0.15) is 5.82 Å². The number of fused-ring (bicyclic) bond motifs is 1. The van der Waals surface area contributed by atoms with Gasteiger partial charge in [0.05, 0.1) is 5.69 Å². The molecule has 1 fully saturated rings. The van der Waals surface area contributed by atoms with Crippen LogP contribution in [0.3, 0.4) is 0 Å². The maximum Gasteiger partial charge on any atom is 0.123 e. The molecule has 3 nitrogen and oxygen atoms in total. The SMILES string of the molecule is CCCC1CC2C=C(c3c[nH]c(-c4ccc(F)cc4)c3-c3ccncc3)CCN2C1. The van der Waals surface area contributed by atoms with Gasteiger partial charge in [-0.2, -0.15) is 0 Å². The zero-order chi connectivity index (χ0) is 20.5. The van der Waals surface area contributed by atoms with Crippen LogP contribution in [-0.4, -0.2) is 34.0 Å². The van der Waals surface area contributed by atoms with Gasteiger partial charge in [-0.1, -0.05) is 19.4 Å². The molecule has 3 aromatic rings. The predicted octanol–water partition coefficient (Wildman–Crippen LogP) is 6.16. The number of benzene rings is 1. The van der Waals surface area contributed by atoms with E-state index in [-0.39, 0.29) is 5.82 Å². The molecule has 2 aromatic heterocycles. The van der Waals surface area contributed by atoms with Crippen LogP contribution >= 0.6 is 0 Å². The first kappa shape index (κ1) is 19.3. The second kappa shape index (κ2) is 8.19. The number of halogens is 1. The quantitative estimate of drug-likeness (QED) is 0.555. The summed E-state index contributed by atoms with van der Waals surface area (Å²) in [6.45, 7) is 4.66. The van der Waals surface area contributed by atoms with Gasteiger partial charge < -0.3 is 4.98 Å². The Kier molecular flexibility index (Phi) is 5.26. The maximum atomic E-state index is 13.5. The highest BCUT2D eigenvalue weighted by molar-refractivity contribution is 5.91. The Morgan fingerprint density at radius 1 is 1.10 bits per heavy atom. The van der Waals surface area contributed by atoms with Gasteiger partial charge in [-0.05, 0) is 78.3 Å². The summed E-state index contributed by atoms with van der Waals surface area (Å²) in [6.07, 6.45) is 13.2. The van der Waals surface area contributed by atoms with Crippen molar-refractivity contribution in [3.8, 4) is 22.4 Å². The standard InChI is InChI=1S/C26H28FN3/c1-2-3-18-14-23-15-21(10-13-30(23)17-18)24-16-29-26(20-4-6-22(27)7-5-20)25(24)19-8-11-28-12-9-19/h4-9,11-12,15-16,18,23,29H,2-3,10,13-14,17H2,1H3. The fourth-order valence-electron chi connectivity index (χ4n) is 5.22. The van der Waals surface area contributed by atoms with Crippen LogP contribution in [0.5, 0.6) is 0 Å². The molecule has 154 valence electrons. The van der Waals surface area contributed by atoms with E-state index in [0.717, 1.165) is 35.7 Å². The number of aromatic nitrogens is 2. The van der Waals surface area contributed by atoms with Gasteiger partial charge in [-0.15, -0.1) is 0 Å². The molecule has 2 unspecified atom stereocenters. The lowest BCUT2D eigenvalue weighted by Gasteiger charge is -2.28. The van der Waals surface area contributed by atoms with Crippen molar-refractivity contribution in [2.45, 2.75) is 38.6 Å². The minimum atomic E-state index is -0.214. The van der Waals surface area contributed by atoms with Crippen LogP contribution in [0.25, 0.3) is 28.0 Å². The summed E-state index contributed by atoms with van der Waals surface area (Å²) in [5.74, 6) is 0.616. The molecule has 1 N–H and O–H groups in total. The van der Waals surface area contributed by atoms with Gasteiger partial charge in [0.15, 0.2) is 0 Å². The van der Waals surface area contributed by atoms with Gasteiger partial charge in [-0.25, -0.2) is 4.39 Å². The molecule has 1 saturated heterocycles. The highest BCUT2D eigenvalue weighted by atomic mass is 19.1. The number of hydrogen-bond donors (Lipinski definition) is 1. The average molecular weight is 402 g/mol. The number of rotatable bonds is 5. The zero-order valence-electron chi connectivity index (χ0n) is 17.4. The lowest BCUT2D eigenvalue weighted by atomic mass is 9.90. The van der Waals surface area contributed by atoms with Crippen molar-refractivity contribution in [1.29, 1.82) is 0 Å². The van der Waals surface area contributed by atoms with Crippen molar-refractivity contribution in [3.63, 3.8) is 0 Å². The van der Waals surface area contributed by atoms with Crippen molar-refractivity contribution in [3.05, 3.63) is 72.4 Å². The Morgan fingerprint density at radius 2 is 1.90 bits per heavy atom. The molecule has 0 saturated carbocycles. The zero-order valence-corrected chi connectivity index (χ0v) is 17.4. The number of pyridine rings is 1. The topological polar surface area (TPSA) is 31.9 Å². The van der Waals surface area contributed by atoms with Gasteiger partial charge in [0, 0.05) is 48.8 Å². The van der Waals surface area contributed by atoms with E-state index in [4.69, 9.17) is 0 Å². The Morgan fingerprint density at radius 3 is 2.67 bits per heavy atom. The van der Waals surface area contributed by atoms with E-state index in [1.165, 1.54) is 54.6 Å². The van der Waals surface area contributed by atoms with Crippen molar-refractivity contribution < 1.29 is 4.39 Å². The molecular weight excluding hydrogens is 373 g/mol. The molecule has 0 spiro atoms. The van der Waals surface area contributed by atoms with Crippen molar-refractivity contribution in [2.75, 3.05) is 13.1 Å². The summed E-state index contributed by atoms with van der Waals surface area (Å²) in [7, 11) is 0. The molecule has 2 aliphatic heterocycles. The summed E-state index contributed by atoms with van der Waals surface area (Å²) in [4.78, 5) is 10.4. The third-order valence-corrected chi connectivity index (χ3v) is 6.62. The normalized spacial score (nSPS) is 21.5. The van der Waals surface area contributed by atoms with Crippen LogP contribution in [0, 0.1) is 11.7 Å². The number of aromatic amines is 1. The largest absolute Gasteiger partial charge is 0.360 e. The molecule has 0 radical (unpaired) electrons. The van der Waals surface area contributed by atoms with Gasteiger partial charge in [0.2, 0.25) is 0 Å². The average Bonchev–Trinajstić information content (AvgIpc) is 3.38. The maximum absolute atomic E-state index is 13.5. The summed E-state index contributed by atoms with van der Waals surface area (Å²) < 4.78 is 13.5. The number of nitrogens with one attached hydrogen (secondary N) is 1. The summed E-state index contributed by atoms with van der Waals surface area (Å²) in [5.41, 5.74) is 7.04. The number of hydrogen-bond acceptors (Lipinski definition) is 2. The van der Waals surface area contributed by atoms with E-state index in [0.29, 0.717) is 6.04 Å². The minimum absolute atomic E-state index is 0.214. The molecule has 4 heterocycles. The fourth-order valence-corrected chi connectivity index (χ4v) is 5.22. The Labute approximate surface area is 177 Å². The summed E-state index contributed by atoms with van der Waals surface area (Å²) in [6, 6.07) is 11.4. The van der Waals surface area contributed by atoms with E-state index in [1.54, 1.807) is 0 Å². The van der Waals surface area contributed by atoms with E-state index in [2.05, 4.69) is 46.2 Å². The Hall–Kier alpha value is -2.72. The van der Waals surface area contributed by atoms with E-state index >= 15 is 0 Å². The third-order valence-electron chi connectivity index (χ3n) is 6.62.